The number of hydrogen-bond donors (Lipinski definition) is 0. The van der Waals surface area contributed by atoms with Gasteiger partial charge in [-0.25, -0.2) is 0 Å². The van der Waals surface area contributed by atoms with Crippen LogP contribution in [0.25, 0.3) is 11.4 Å². The van der Waals surface area contributed by atoms with Crippen molar-refractivity contribution in [2.75, 3.05) is 0 Å². The second kappa shape index (κ2) is 8.67. The second-order valence-electron chi connectivity index (χ2n) is 7.34. The Kier molecular flexibility index (Phi) is 6.30. The van der Waals surface area contributed by atoms with E-state index in [1.165, 1.54) is 32.1 Å². The van der Waals surface area contributed by atoms with Crippen LogP contribution >= 0.6 is 11.6 Å². The minimum atomic E-state index is 0.0944. The Balaban J connectivity index is 1.66. The minimum Gasteiger partial charge on any atom is -0.337 e. The van der Waals surface area contributed by atoms with Crippen LogP contribution in [-0.2, 0) is 11.3 Å². The van der Waals surface area contributed by atoms with Gasteiger partial charge >= 0.3 is 0 Å². The van der Waals surface area contributed by atoms with Crippen molar-refractivity contribution in [2.24, 2.45) is 5.92 Å². The van der Waals surface area contributed by atoms with E-state index in [2.05, 4.69) is 10.1 Å². The highest BCUT2D eigenvalue weighted by atomic mass is 35.5. The molecule has 0 spiro atoms. The van der Waals surface area contributed by atoms with Gasteiger partial charge in [-0.15, -0.1) is 0 Å². The third-order valence-corrected chi connectivity index (χ3v) is 5.26. The van der Waals surface area contributed by atoms with Gasteiger partial charge in [-0.05, 0) is 56.9 Å². The lowest BCUT2D eigenvalue weighted by molar-refractivity contribution is -0.135. The van der Waals surface area contributed by atoms with Crippen molar-refractivity contribution in [1.82, 2.24) is 15.0 Å². The van der Waals surface area contributed by atoms with E-state index >= 15 is 0 Å². The second-order valence-corrected chi connectivity index (χ2v) is 7.78. The molecule has 1 aromatic carbocycles. The Morgan fingerprint density at radius 3 is 2.58 bits per heavy atom. The summed E-state index contributed by atoms with van der Waals surface area (Å²) in [7, 11) is 0. The molecule has 1 amide bonds. The van der Waals surface area contributed by atoms with Crippen molar-refractivity contribution in [3.05, 3.63) is 35.2 Å². The predicted molar refractivity (Wildman–Crippen MR) is 102 cm³/mol. The van der Waals surface area contributed by atoms with Crippen LogP contribution in [0.15, 0.2) is 28.8 Å². The molecule has 1 fully saturated rings. The van der Waals surface area contributed by atoms with Gasteiger partial charge in [0.05, 0.1) is 0 Å². The van der Waals surface area contributed by atoms with E-state index < -0.39 is 0 Å². The first kappa shape index (κ1) is 18.9. The smallest absolute Gasteiger partial charge is 0.246 e. The van der Waals surface area contributed by atoms with Crippen molar-refractivity contribution in [3.63, 3.8) is 0 Å². The molecule has 1 aromatic heterocycles. The molecular weight excluding hydrogens is 350 g/mol. The topological polar surface area (TPSA) is 59.2 Å². The fourth-order valence-corrected chi connectivity index (χ4v) is 3.62. The monoisotopic (exact) mass is 375 g/mol. The summed E-state index contributed by atoms with van der Waals surface area (Å²) in [6.45, 7) is 4.40. The van der Waals surface area contributed by atoms with Gasteiger partial charge in [0.25, 0.3) is 0 Å². The molecule has 0 bridgehead atoms. The number of benzene rings is 1. The first-order chi connectivity index (χ1) is 12.5. The normalized spacial score (nSPS) is 15.4. The Morgan fingerprint density at radius 2 is 1.92 bits per heavy atom. The van der Waals surface area contributed by atoms with E-state index in [0.29, 0.717) is 35.6 Å². The van der Waals surface area contributed by atoms with Gasteiger partial charge in [-0.3, -0.25) is 4.79 Å². The molecule has 2 aromatic rings. The fraction of sp³-hybridized carbons (Fsp3) is 0.550. The number of aromatic nitrogens is 2. The van der Waals surface area contributed by atoms with E-state index in [9.17, 15) is 4.79 Å². The molecule has 1 aliphatic carbocycles. The molecule has 140 valence electrons. The first-order valence-electron chi connectivity index (χ1n) is 9.41. The van der Waals surface area contributed by atoms with Crippen LogP contribution < -0.4 is 0 Å². The van der Waals surface area contributed by atoms with E-state index in [-0.39, 0.29) is 11.9 Å². The molecule has 0 unspecified atom stereocenters. The summed E-state index contributed by atoms with van der Waals surface area (Å²) in [6, 6.07) is 7.38. The molecule has 1 heterocycles. The van der Waals surface area contributed by atoms with Gasteiger partial charge in [-0.1, -0.05) is 36.0 Å². The highest BCUT2D eigenvalue weighted by Gasteiger charge is 2.24. The molecule has 6 heteroatoms. The lowest BCUT2D eigenvalue weighted by Gasteiger charge is -2.28. The zero-order valence-electron chi connectivity index (χ0n) is 15.4. The highest BCUT2D eigenvalue weighted by molar-refractivity contribution is 6.30. The van der Waals surface area contributed by atoms with E-state index in [1.54, 1.807) is 12.1 Å². The Hall–Kier alpha value is -1.88. The molecular formula is C20H26ClN3O2. The Labute approximate surface area is 159 Å². The Morgan fingerprint density at radius 1 is 1.23 bits per heavy atom. The number of halogens is 1. The van der Waals surface area contributed by atoms with E-state index in [4.69, 9.17) is 16.1 Å². The van der Waals surface area contributed by atoms with Gasteiger partial charge in [0.2, 0.25) is 17.6 Å². The summed E-state index contributed by atoms with van der Waals surface area (Å²) in [5.41, 5.74) is 0.842. The van der Waals surface area contributed by atoms with Crippen molar-refractivity contribution in [1.29, 1.82) is 0 Å². The van der Waals surface area contributed by atoms with Gasteiger partial charge in [-0.2, -0.15) is 4.98 Å². The highest BCUT2D eigenvalue weighted by Crippen LogP contribution is 2.27. The number of amides is 1. The largest absolute Gasteiger partial charge is 0.337 e. The van der Waals surface area contributed by atoms with Gasteiger partial charge in [0.1, 0.15) is 6.54 Å². The molecule has 26 heavy (non-hydrogen) atoms. The number of carbonyl (C=O) groups excluding carboxylic acids is 1. The maximum atomic E-state index is 12.8. The summed E-state index contributed by atoms with van der Waals surface area (Å²) in [5, 5.41) is 4.70. The van der Waals surface area contributed by atoms with Crippen LogP contribution in [0.4, 0.5) is 0 Å². The number of rotatable bonds is 6. The average molecular weight is 376 g/mol. The third kappa shape index (κ3) is 4.85. The van der Waals surface area contributed by atoms with Crippen LogP contribution in [0.2, 0.25) is 5.02 Å². The van der Waals surface area contributed by atoms with Crippen molar-refractivity contribution in [2.45, 2.75) is 65.0 Å². The van der Waals surface area contributed by atoms with Crippen molar-refractivity contribution < 1.29 is 9.32 Å². The van der Waals surface area contributed by atoms with Crippen LogP contribution in [0.3, 0.4) is 0 Å². The average Bonchev–Trinajstić information content (AvgIpc) is 3.09. The van der Waals surface area contributed by atoms with Crippen molar-refractivity contribution in [3.8, 4) is 11.4 Å². The van der Waals surface area contributed by atoms with Crippen LogP contribution in [-0.4, -0.2) is 27.0 Å². The maximum Gasteiger partial charge on any atom is 0.246 e. The molecule has 0 N–H and O–H groups in total. The number of carbonyl (C=O) groups is 1. The zero-order chi connectivity index (χ0) is 18.5. The fourth-order valence-electron chi connectivity index (χ4n) is 3.50. The summed E-state index contributed by atoms with van der Waals surface area (Å²) >= 11 is 5.91. The lowest BCUT2D eigenvalue weighted by atomic mass is 9.86. The van der Waals surface area contributed by atoms with Gasteiger partial charge in [0.15, 0.2) is 0 Å². The Bertz CT molecular complexity index is 721. The number of nitrogens with zero attached hydrogens (tertiary/aromatic N) is 3. The molecule has 1 saturated carbocycles. The molecule has 1 aliphatic rings. The third-order valence-electron chi connectivity index (χ3n) is 5.01. The zero-order valence-corrected chi connectivity index (χ0v) is 16.2. The predicted octanol–water partition coefficient (Wildman–Crippen LogP) is 5.10. The standard InChI is InChI=1S/C20H26ClN3O2/c1-14(2)24(19(25)12-15-6-4-3-5-7-15)13-18-22-20(23-26-18)16-8-10-17(21)11-9-16/h8-11,14-15H,3-7,12-13H2,1-2H3. The molecule has 0 atom stereocenters. The van der Waals surface area contributed by atoms with Gasteiger partial charge in [0, 0.05) is 23.0 Å². The first-order valence-corrected chi connectivity index (χ1v) is 9.78. The van der Waals surface area contributed by atoms with E-state index in [1.807, 2.05) is 30.9 Å². The maximum absolute atomic E-state index is 12.8. The van der Waals surface area contributed by atoms with Crippen molar-refractivity contribution >= 4 is 17.5 Å². The lowest BCUT2D eigenvalue weighted by Crippen LogP contribution is -2.37. The molecule has 3 rings (SSSR count). The molecule has 5 nitrogen and oxygen atoms in total. The quantitative estimate of drug-likeness (QED) is 0.704. The molecule has 0 radical (unpaired) electrons. The molecule has 0 aliphatic heterocycles. The summed E-state index contributed by atoms with van der Waals surface area (Å²) < 4.78 is 5.38. The SMILES string of the molecule is CC(C)N(Cc1nc(-c2ccc(Cl)cc2)no1)C(=O)CC1CCCCC1. The van der Waals surface area contributed by atoms with Crippen LogP contribution in [0, 0.1) is 5.92 Å². The molecule has 0 saturated heterocycles. The minimum absolute atomic E-state index is 0.0944. The number of hydrogen-bond acceptors (Lipinski definition) is 4. The summed E-state index contributed by atoms with van der Waals surface area (Å²) in [6.07, 6.45) is 6.74. The van der Waals surface area contributed by atoms with Crippen LogP contribution in [0.1, 0.15) is 58.3 Å². The summed E-state index contributed by atoms with van der Waals surface area (Å²) in [5.74, 6) is 1.67. The van der Waals surface area contributed by atoms with Gasteiger partial charge < -0.3 is 9.42 Å². The van der Waals surface area contributed by atoms with E-state index in [0.717, 1.165) is 5.56 Å². The van der Waals surface area contributed by atoms with Crippen LogP contribution in [0.5, 0.6) is 0 Å². The summed E-state index contributed by atoms with van der Waals surface area (Å²) in [4.78, 5) is 19.1.